The molecular formula is C25H27N5O5. The van der Waals surface area contributed by atoms with Gasteiger partial charge in [0, 0.05) is 19.3 Å². The van der Waals surface area contributed by atoms with Crippen molar-refractivity contribution >= 4 is 28.5 Å². The number of benzene rings is 2. The first-order valence-electron chi connectivity index (χ1n) is 11.3. The van der Waals surface area contributed by atoms with Crippen molar-refractivity contribution in [1.82, 2.24) is 20.3 Å². The van der Waals surface area contributed by atoms with Gasteiger partial charge in [-0.1, -0.05) is 17.3 Å². The van der Waals surface area contributed by atoms with Gasteiger partial charge < -0.3 is 19.2 Å². The molecule has 0 aliphatic rings. The summed E-state index contributed by atoms with van der Waals surface area (Å²) in [5.41, 5.74) is 1.89. The Balaban J connectivity index is 1.72. The fraction of sp³-hybridized carbons (Fsp3) is 0.280. The Morgan fingerprint density at radius 3 is 2.63 bits per heavy atom. The van der Waals surface area contributed by atoms with Gasteiger partial charge in [-0.05, 0) is 55.5 Å². The van der Waals surface area contributed by atoms with Gasteiger partial charge in [0.05, 0.1) is 25.0 Å². The topological polar surface area (TPSA) is 112 Å². The van der Waals surface area contributed by atoms with E-state index in [1.807, 2.05) is 31.2 Å². The van der Waals surface area contributed by atoms with E-state index >= 15 is 0 Å². The van der Waals surface area contributed by atoms with Crippen LogP contribution in [0.25, 0.3) is 11.0 Å². The van der Waals surface area contributed by atoms with Gasteiger partial charge in [-0.2, -0.15) is 0 Å². The molecule has 35 heavy (non-hydrogen) atoms. The normalized spacial score (nSPS) is 11.8. The molecule has 0 fully saturated rings. The minimum atomic E-state index is -1.05. The number of hydrogen-bond acceptors (Lipinski definition) is 7. The third-order valence-electron chi connectivity index (χ3n) is 5.32. The van der Waals surface area contributed by atoms with Gasteiger partial charge in [0.2, 0.25) is 5.91 Å². The summed E-state index contributed by atoms with van der Waals surface area (Å²) >= 11 is 0. The number of rotatable bonds is 11. The number of anilines is 1. The number of nitrogens with zero attached hydrogens (tertiary/aromatic N) is 4. The van der Waals surface area contributed by atoms with E-state index in [0.29, 0.717) is 41.4 Å². The number of nitrogens with one attached hydrogen (secondary N) is 1. The van der Waals surface area contributed by atoms with E-state index in [2.05, 4.69) is 15.6 Å². The summed E-state index contributed by atoms with van der Waals surface area (Å²) in [6.45, 7) is 2.89. The molecule has 10 nitrogen and oxygen atoms in total. The van der Waals surface area contributed by atoms with Gasteiger partial charge in [-0.25, -0.2) is 4.68 Å². The number of amides is 2. The third kappa shape index (κ3) is 5.49. The Morgan fingerprint density at radius 1 is 1.11 bits per heavy atom. The second-order valence-electron chi connectivity index (χ2n) is 7.63. The number of carbonyl (C=O) groups excluding carboxylic acids is 2. The zero-order valence-corrected chi connectivity index (χ0v) is 19.6. The number of methoxy groups -OCH3 is 1. The quantitative estimate of drug-likeness (QED) is 0.331. The number of para-hydroxylation sites is 1. The van der Waals surface area contributed by atoms with Crippen molar-refractivity contribution in [3.63, 3.8) is 0 Å². The van der Waals surface area contributed by atoms with Crippen LogP contribution in [-0.4, -0.2) is 53.7 Å². The van der Waals surface area contributed by atoms with Crippen LogP contribution in [0, 0.1) is 0 Å². The van der Waals surface area contributed by atoms with Crippen molar-refractivity contribution in [2.75, 3.05) is 31.8 Å². The Hall–Kier alpha value is -4.18. The Morgan fingerprint density at radius 2 is 1.91 bits per heavy atom. The molecule has 2 amide bonds. The van der Waals surface area contributed by atoms with Crippen LogP contribution in [0.4, 0.5) is 5.69 Å². The number of furan rings is 1. The molecule has 0 aliphatic heterocycles. The van der Waals surface area contributed by atoms with Gasteiger partial charge in [-0.3, -0.25) is 14.5 Å². The molecule has 4 aromatic rings. The van der Waals surface area contributed by atoms with Crippen LogP contribution in [0.15, 0.2) is 71.3 Å². The maximum atomic E-state index is 13.8. The third-order valence-corrected chi connectivity index (χ3v) is 5.32. The second-order valence-corrected chi connectivity index (χ2v) is 7.63. The largest absolute Gasteiger partial charge is 0.494 e. The first kappa shape index (κ1) is 24.0. The lowest BCUT2D eigenvalue weighted by atomic mass is 10.1. The van der Waals surface area contributed by atoms with Gasteiger partial charge >= 0.3 is 0 Å². The number of fused-ring (bicyclic) bond motifs is 1. The molecule has 0 unspecified atom stereocenters. The van der Waals surface area contributed by atoms with Crippen molar-refractivity contribution in [1.29, 1.82) is 0 Å². The van der Waals surface area contributed by atoms with Crippen LogP contribution >= 0.6 is 0 Å². The van der Waals surface area contributed by atoms with Crippen molar-refractivity contribution < 1.29 is 23.5 Å². The maximum Gasteiger partial charge on any atom is 0.251 e. The molecule has 0 saturated heterocycles. The van der Waals surface area contributed by atoms with E-state index in [0.717, 1.165) is 0 Å². The predicted molar refractivity (Wildman–Crippen MR) is 129 cm³/mol. The van der Waals surface area contributed by atoms with Crippen LogP contribution in [0.2, 0.25) is 0 Å². The summed E-state index contributed by atoms with van der Waals surface area (Å²) in [6.07, 6.45) is 1.47. The second kappa shape index (κ2) is 11.3. The summed E-state index contributed by atoms with van der Waals surface area (Å²) in [7, 11) is 1.55. The zero-order valence-electron chi connectivity index (χ0n) is 19.6. The lowest BCUT2D eigenvalue weighted by Crippen LogP contribution is -2.45. The summed E-state index contributed by atoms with van der Waals surface area (Å²) in [4.78, 5) is 28.5. The van der Waals surface area contributed by atoms with Gasteiger partial charge in [-0.15, -0.1) is 5.10 Å². The minimum Gasteiger partial charge on any atom is -0.494 e. The van der Waals surface area contributed by atoms with Crippen molar-refractivity contribution in [3.05, 3.63) is 72.7 Å². The van der Waals surface area contributed by atoms with Crippen molar-refractivity contribution in [2.24, 2.45) is 0 Å². The molecule has 0 bridgehead atoms. The van der Waals surface area contributed by atoms with Crippen molar-refractivity contribution in [2.45, 2.75) is 19.5 Å². The molecule has 0 radical (unpaired) electrons. The molecule has 2 aromatic heterocycles. The fourth-order valence-corrected chi connectivity index (χ4v) is 3.74. The Bertz CT molecular complexity index is 1250. The van der Waals surface area contributed by atoms with Crippen molar-refractivity contribution in [3.8, 4) is 5.75 Å². The lowest BCUT2D eigenvalue weighted by Gasteiger charge is -2.30. The van der Waals surface area contributed by atoms with Crippen LogP contribution in [-0.2, 0) is 20.9 Å². The highest BCUT2D eigenvalue weighted by Crippen LogP contribution is 2.30. The predicted octanol–water partition coefficient (Wildman–Crippen LogP) is 2.96. The molecule has 182 valence electrons. The highest BCUT2D eigenvalue weighted by atomic mass is 16.5. The standard InChI is InChI=1S/C25H27N5O5/c1-3-34-19-12-10-18(11-13-19)30(23(31)17-29-21-8-5-4-7-20(21)27-28-29)24(22-9-6-15-35-22)25(32)26-14-16-33-2/h4-13,15,24H,3,14,16-17H2,1-2H3,(H,26,32)/t24-/m1/s1. The molecule has 1 N–H and O–H groups in total. The van der Waals surface area contributed by atoms with Crippen LogP contribution in [0.1, 0.15) is 18.7 Å². The molecule has 0 spiro atoms. The van der Waals surface area contributed by atoms with E-state index in [1.165, 1.54) is 15.8 Å². The molecule has 0 aliphatic carbocycles. The lowest BCUT2D eigenvalue weighted by molar-refractivity contribution is -0.127. The number of hydrogen-bond donors (Lipinski definition) is 1. The molecule has 1 atom stereocenters. The first-order chi connectivity index (χ1) is 17.1. The minimum absolute atomic E-state index is 0.129. The van der Waals surface area contributed by atoms with Crippen LogP contribution in [0.3, 0.4) is 0 Å². The van der Waals surface area contributed by atoms with E-state index in [-0.39, 0.29) is 19.0 Å². The van der Waals surface area contributed by atoms with Gasteiger partial charge in [0.25, 0.3) is 5.91 Å². The molecule has 10 heteroatoms. The zero-order chi connectivity index (χ0) is 24.6. The number of aromatic nitrogens is 3. The average Bonchev–Trinajstić information content (AvgIpc) is 3.54. The summed E-state index contributed by atoms with van der Waals surface area (Å²) in [5.74, 6) is 0.214. The molecule has 2 heterocycles. The highest BCUT2D eigenvalue weighted by molar-refractivity contribution is 6.01. The monoisotopic (exact) mass is 477 g/mol. The van der Waals surface area contributed by atoms with E-state index < -0.39 is 11.9 Å². The van der Waals surface area contributed by atoms with Gasteiger partial charge in [0.15, 0.2) is 6.04 Å². The molecular weight excluding hydrogens is 450 g/mol. The SMILES string of the molecule is CCOc1ccc(N(C(=O)Cn2nnc3ccccc32)[C@@H](C(=O)NCCOC)c2ccco2)cc1. The maximum absolute atomic E-state index is 13.8. The first-order valence-corrected chi connectivity index (χ1v) is 11.3. The van der Waals surface area contributed by atoms with E-state index in [1.54, 1.807) is 43.5 Å². The van der Waals surface area contributed by atoms with Gasteiger partial charge in [0.1, 0.15) is 23.6 Å². The molecule has 0 saturated carbocycles. The Labute approximate surface area is 202 Å². The van der Waals surface area contributed by atoms with E-state index in [9.17, 15) is 9.59 Å². The summed E-state index contributed by atoms with van der Waals surface area (Å²) < 4.78 is 17.7. The smallest absolute Gasteiger partial charge is 0.251 e. The number of carbonyl (C=O) groups is 2. The molecule has 2 aromatic carbocycles. The Kier molecular flexibility index (Phi) is 7.74. The number of ether oxygens (including phenoxy) is 2. The van der Waals surface area contributed by atoms with E-state index in [4.69, 9.17) is 13.9 Å². The summed E-state index contributed by atoms with van der Waals surface area (Å²) in [6, 6.07) is 16.6. The van der Waals surface area contributed by atoms with Crippen LogP contribution in [0.5, 0.6) is 5.75 Å². The summed E-state index contributed by atoms with van der Waals surface area (Å²) in [5, 5.41) is 11.1. The average molecular weight is 478 g/mol. The molecule has 4 rings (SSSR count). The fourth-order valence-electron chi connectivity index (χ4n) is 3.74. The highest BCUT2D eigenvalue weighted by Gasteiger charge is 2.35. The van der Waals surface area contributed by atoms with Crippen LogP contribution < -0.4 is 15.0 Å².